The number of amides is 1. The summed E-state index contributed by atoms with van der Waals surface area (Å²) in [4.78, 5) is 12.5. The van der Waals surface area contributed by atoms with Crippen LogP contribution in [0.5, 0.6) is 5.75 Å². The number of hydrogen-bond donors (Lipinski definition) is 1. The van der Waals surface area contributed by atoms with Gasteiger partial charge in [0.15, 0.2) is 0 Å². The maximum Gasteiger partial charge on any atom is 0.251 e. The third-order valence-corrected chi connectivity index (χ3v) is 5.06. The summed E-state index contributed by atoms with van der Waals surface area (Å²) in [5.74, 6) is 0.357. The van der Waals surface area contributed by atoms with Crippen LogP contribution in [-0.4, -0.2) is 5.91 Å². The summed E-state index contributed by atoms with van der Waals surface area (Å²) in [5, 5.41) is 2.93. The second-order valence-corrected chi connectivity index (χ2v) is 8.51. The van der Waals surface area contributed by atoms with Crippen molar-refractivity contribution in [3.05, 3.63) is 101 Å². The van der Waals surface area contributed by atoms with E-state index in [0.29, 0.717) is 12.2 Å². The molecule has 0 aliphatic carbocycles. The van der Waals surface area contributed by atoms with Gasteiger partial charge in [-0.25, -0.2) is 4.39 Å². The van der Waals surface area contributed by atoms with Crippen molar-refractivity contribution < 1.29 is 13.9 Å². The molecule has 3 aromatic carbocycles. The molecule has 0 unspecified atom stereocenters. The summed E-state index contributed by atoms with van der Waals surface area (Å²) >= 11 is 0. The average molecular weight is 406 g/mol. The number of benzene rings is 3. The Bertz CT molecular complexity index is 972. The molecule has 0 spiro atoms. The molecule has 3 rings (SSSR count). The summed E-state index contributed by atoms with van der Waals surface area (Å²) in [6, 6.07) is 21.4. The molecule has 0 aliphatic heterocycles. The van der Waals surface area contributed by atoms with Crippen LogP contribution in [0.4, 0.5) is 4.39 Å². The number of nitrogens with one attached hydrogen (secondary N) is 1. The molecule has 0 fully saturated rings. The zero-order valence-corrected chi connectivity index (χ0v) is 17.9. The summed E-state index contributed by atoms with van der Waals surface area (Å²) in [7, 11) is 0. The Morgan fingerprint density at radius 2 is 1.53 bits per heavy atom. The van der Waals surface area contributed by atoms with Gasteiger partial charge in [0.2, 0.25) is 0 Å². The Hall–Kier alpha value is -3.14. The van der Waals surface area contributed by atoms with Gasteiger partial charge in [-0.3, -0.25) is 4.79 Å². The van der Waals surface area contributed by atoms with Gasteiger partial charge in [0, 0.05) is 5.56 Å². The number of ether oxygens (including phenoxy) is 1. The van der Waals surface area contributed by atoms with Crippen LogP contribution >= 0.6 is 0 Å². The molecular weight excluding hydrogens is 377 g/mol. The van der Waals surface area contributed by atoms with Gasteiger partial charge in [-0.2, -0.15) is 0 Å². The van der Waals surface area contributed by atoms with E-state index in [-0.39, 0.29) is 23.2 Å². The Balaban J connectivity index is 1.55. The van der Waals surface area contributed by atoms with Crippen molar-refractivity contribution in [2.45, 2.75) is 45.8 Å². The number of hydrogen-bond acceptors (Lipinski definition) is 2. The number of carbonyl (C=O) groups is 1. The maximum absolute atomic E-state index is 13.1. The quantitative estimate of drug-likeness (QED) is 0.531. The highest BCUT2D eigenvalue weighted by Gasteiger charge is 2.13. The van der Waals surface area contributed by atoms with E-state index in [1.54, 1.807) is 24.3 Å². The molecule has 0 aromatic heterocycles. The Morgan fingerprint density at radius 1 is 0.933 bits per heavy atom. The van der Waals surface area contributed by atoms with Crippen molar-refractivity contribution in [3.8, 4) is 5.75 Å². The van der Waals surface area contributed by atoms with Crippen LogP contribution in [0.2, 0.25) is 0 Å². The van der Waals surface area contributed by atoms with Crippen molar-refractivity contribution in [2.24, 2.45) is 0 Å². The molecular formula is C26H28FNO2. The molecule has 4 heteroatoms. The van der Waals surface area contributed by atoms with E-state index < -0.39 is 0 Å². The van der Waals surface area contributed by atoms with E-state index in [9.17, 15) is 9.18 Å². The summed E-state index contributed by atoms with van der Waals surface area (Å²) in [5.41, 5.74) is 3.79. The summed E-state index contributed by atoms with van der Waals surface area (Å²) < 4.78 is 18.9. The molecule has 0 heterocycles. The van der Waals surface area contributed by atoms with E-state index in [4.69, 9.17) is 4.74 Å². The topological polar surface area (TPSA) is 38.3 Å². The SMILES string of the molecule is C[C@H](NC(=O)c1ccc(COc2ccc(C(C)(C)C)cc2)cc1)c1ccc(F)cc1. The lowest BCUT2D eigenvalue weighted by molar-refractivity contribution is 0.0940. The van der Waals surface area contributed by atoms with Crippen LogP contribution in [0.25, 0.3) is 0 Å². The van der Waals surface area contributed by atoms with E-state index >= 15 is 0 Å². The van der Waals surface area contributed by atoms with Crippen LogP contribution < -0.4 is 10.1 Å². The maximum atomic E-state index is 13.1. The largest absolute Gasteiger partial charge is 0.489 e. The van der Waals surface area contributed by atoms with Crippen LogP contribution in [0.15, 0.2) is 72.8 Å². The van der Waals surface area contributed by atoms with E-state index in [0.717, 1.165) is 16.9 Å². The van der Waals surface area contributed by atoms with E-state index in [2.05, 4.69) is 38.2 Å². The standard InChI is InChI=1S/C26H28FNO2/c1-18(20-9-13-23(27)14-10-20)28-25(29)21-7-5-19(6-8-21)17-30-24-15-11-22(12-16-24)26(2,3)4/h5-16,18H,17H2,1-4H3,(H,28,29)/t18-/m0/s1. The predicted octanol–water partition coefficient (Wildman–Crippen LogP) is 6.19. The second kappa shape index (κ2) is 9.12. The summed E-state index contributed by atoms with van der Waals surface area (Å²) in [6.07, 6.45) is 0. The molecule has 0 aliphatic rings. The van der Waals surface area contributed by atoms with E-state index in [1.807, 2.05) is 31.2 Å². The van der Waals surface area contributed by atoms with Crippen LogP contribution in [0, 0.1) is 5.82 Å². The lowest BCUT2D eigenvalue weighted by Gasteiger charge is -2.19. The fourth-order valence-electron chi connectivity index (χ4n) is 3.08. The third kappa shape index (κ3) is 5.69. The molecule has 0 saturated carbocycles. The zero-order valence-electron chi connectivity index (χ0n) is 17.9. The van der Waals surface area contributed by atoms with Crippen LogP contribution in [0.1, 0.15) is 60.8 Å². The number of rotatable bonds is 6. The molecule has 1 amide bonds. The molecule has 1 N–H and O–H groups in total. The highest BCUT2D eigenvalue weighted by atomic mass is 19.1. The minimum Gasteiger partial charge on any atom is -0.489 e. The number of halogens is 1. The first kappa shape index (κ1) is 21.6. The molecule has 0 bridgehead atoms. The van der Waals surface area contributed by atoms with Crippen molar-refractivity contribution in [2.75, 3.05) is 0 Å². The molecule has 0 radical (unpaired) electrons. The fraction of sp³-hybridized carbons (Fsp3) is 0.269. The summed E-state index contributed by atoms with van der Waals surface area (Å²) in [6.45, 7) is 8.85. The fourth-order valence-corrected chi connectivity index (χ4v) is 3.08. The first-order valence-corrected chi connectivity index (χ1v) is 10.1. The highest BCUT2D eigenvalue weighted by Crippen LogP contribution is 2.24. The van der Waals surface area contributed by atoms with Gasteiger partial charge >= 0.3 is 0 Å². The Labute approximate surface area is 177 Å². The third-order valence-electron chi connectivity index (χ3n) is 5.06. The zero-order chi connectivity index (χ0) is 21.7. The van der Waals surface area contributed by atoms with Crippen molar-refractivity contribution in [1.29, 1.82) is 0 Å². The second-order valence-electron chi connectivity index (χ2n) is 8.51. The van der Waals surface area contributed by atoms with Crippen molar-refractivity contribution >= 4 is 5.91 Å². The Kier molecular flexibility index (Phi) is 6.56. The van der Waals surface area contributed by atoms with Gasteiger partial charge in [-0.1, -0.05) is 57.2 Å². The highest BCUT2D eigenvalue weighted by molar-refractivity contribution is 5.94. The lowest BCUT2D eigenvalue weighted by atomic mass is 9.87. The van der Waals surface area contributed by atoms with Crippen molar-refractivity contribution in [3.63, 3.8) is 0 Å². The molecule has 30 heavy (non-hydrogen) atoms. The molecule has 0 saturated heterocycles. The number of carbonyl (C=O) groups excluding carboxylic acids is 1. The minimum absolute atomic E-state index is 0.114. The smallest absolute Gasteiger partial charge is 0.251 e. The predicted molar refractivity (Wildman–Crippen MR) is 118 cm³/mol. The normalized spacial score (nSPS) is 12.3. The minimum atomic E-state index is -0.291. The first-order chi connectivity index (χ1) is 14.2. The van der Waals surface area contributed by atoms with Gasteiger partial charge < -0.3 is 10.1 Å². The molecule has 3 aromatic rings. The van der Waals surface area contributed by atoms with Gasteiger partial charge in [0.05, 0.1) is 6.04 Å². The van der Waals surface area contributed by atoms with Gasteiger partial charge in [-0.15, -0.1) is 0 Å². The van der Waals surface area contributed by atoms with Gasteiger partial charge in [0.1, 0.15) is 18.2 Å². The van der Waals surface area contributed by atoms with Crippen molar-refractivity contribution in [1.82, 2.24) is 5.32 Å². The lowest BCUT2D eigenvalue weighted by Crippen LogP contribution is -2.26. The van der Waals surface area contributed by atoms with Gasteiger partial charge in [-0.05, 0) is 65.4 Å². The first-order valence-electron chi connectivity index (χ1n) is 10.1. The monoisotopic (exact) mass is 405 g/mol. The molecule has 156 valence electrons. The van der Waals surface area contributed by atoms with Gasteiger partial charge in [0.25, 0.3) is 5.91 Å². The van der Waals surface area contributed by atoms with Crippen LogP contribution in [0.3, 0.4) is 0 Å². The van der Waals surface area contributed by atoms with Crippen LogP contribution in [-0.2, 0) is 12.0 Å². The molecule has 1 atom stereocenters. The average Bonchev–Trinajstić information content (AvgIpc) is 2.72. The molecule has 3 nitrogen and oxygen atoms in total. The van der Waals surface area contributed by atoms with E-state index in [1.165, 1.54) is 17.7 Å². The Morgan fingerprint density at radius 3 is 2.10 bits per heavy atom.